The molecule has 3 aliphatic rings. The van der Waals surface area contributed by atoms with Crippen LogP contribution >= 0.6 is 0 Å². The first-order valence-electron chi connectivity index (χ1n) is 11.5. The number of hydrazine groups is 1. The Morgan fingerprint density at radius 3 is 2.47 bits per heavy atom. The molecule has 2 unspecified atom stereocenters. The maximum atomic E-state index is 13.3. The van der Waals surface area contributed by atoms with Crippen molar-refractivity contribution in [2.75, 3.05) is 41.0 Å². The van der Waals surface area contributed by atoms with Crippen molar-refractivity contribution >= 4 is 28.9 Å². The highest BCUT2D eigenvalue weighted by atomic mass is 16.5. The summed E-state index contributed by atoms with van der Waals surface area (Å²) < 4.78 is 5.69. The standard InChI is InChI=1S/C25H30N4O3/c1-17-16-27(25(31)24-5-3-14-32-24)23-15-20(8-11-22(23)29(17)18(2)30)19-6-9-21(10-7-19)28-13-4-12-26-28/h6-11,15,17,24,26H,3-5,12-14,16H2,1-2H3. The molecule has 0 aliphatic carbocycles. The first-order valence-corrected chi connectivity index (χ1v) is 11.5. The highest BCUT2D eigenvalue weighted by Gasteiger charge is 2.37. The smallest absolute Gasteiger partial charge is 0.256 e. The number of nitrogens with zero attached hydrogens (tertiary/aromatic N) is 3. The fourth-order valence-electron chi connectivity index (χ4n) is 5.02. The van der Waals surface area contributed by atoms with Gasteiger partial charge >= 0.3 is 0 Å². The Morgan fingerprint density at radius 2 is 1.81 bits per heavy atom. The summed E-state index contributed by atoms with van der Waals surface area (Å²) in [7, 11) is 0. The predicted octanol–water partition coefficient (Wildman–Crippen LogP) is 3.34. The number of amides is 2. The van der Waals surface area contributed by atoms with Gasteiger partial charge in [-0.2, -0.15) is 0 Å². The summed E-state index contributed by atoms with van der Waals surface area (Å²) in [6.07, 6.45) is 2.41. The second kappa shape index (κ2) is 8.56. The summed E-state index contributed by atoms with van der Waals surface area (Å²) in [4.78, 5) is 29.3. The van der Waals surface area contributed by atoms with Crippen LogP contribution in [0, 0.1) is 0 Å². The lowest BCUT2D eigenvalue weighted by atomic mass is 9.99. The topological polar surface area (TPSA) is 65.1 Å². The summed E-state index contributed by atoms with van der Waals surface area (Å²) in [6.45, 7) is 6.68. The molecule has 5 rings (SSSR count). The van der Waals surface area contributed by atoms with Gasteiger partial charge < -0.3 is 19.5 Å². The zero-order valence-electron chi connectivity index (χ0n) is 18.7. The van der Waals surface area contributed by atoms with Crippen LogP contribution in [0.15, 0.2) is 42.5 Å². The molecule has 0 radical (unpaired) electrons. The number of ether oxygens (including phenoxy) is 1. The third-order valence-corrected chi connectivity index (χ3v) is 6.60. The fourth-order valence-corrected chi connectivity index (χ4v) is 5.02. The monoisotopic (exact) mass is 434 g/mol. The van der Waals surface area contributed by atoms with Crippen LogP contribution < -0.4 is 20.2 Å². The maximum Gasteiger partial charge on any atom is 0.256 e. The van der Waals surface area contributed by atoms with Crippen LogP contribution in [0.25, 0.3) is 11.1 Å². The number of carbonyl (C=O) groups excluding carboxylic acids is 2. The Morgan fingerprint density at radius 1 is 1.03 bits per heavy atom. The molecule has 2 fully saturated rings. The van der Waals surface area contributed by atoms with Gasteiger partial charge in [-0.1, -0.05) is 18.2 Å². The Labute approximate surface area is 188 Å². The molecule has 2 atom stereocenters. The Balaban J connectivity index is 1.51. The minimum Gasteiger partial charge on any atom is -0.368 e. The summed E-state index contributed by atoms with van der Waals surface area (Å²) in [5.74, 6) is -0.0235. The van der Waals surface area contributed by atoms with Gasteiger partial charge in [0, 0.05) is 33.2 Å². The summed E-state index contributed by atoms with van der Waals surface area (Å²) in [5.41, 5.74) is 8.19. The first kappa shape index (κ1) is 21.0. The first-order chi connectivity index (χ1) is 15.5. The van der Waals surface area contributed by atoms with Gasteiger partial charge in [0.1, 0.15) is 6.10 Å². The molecule has 7 heteroatoms. The van der Waals surface area contributed by atoms with Gasteiger partial charge in [-0.25, -0.2) is 5.43 Å². The van der Waals surface area contributed by atoms with Crippen molar-refractivity contribution in [2.24, 2.45) is 0 Å². The van der Waals surface area contributed by atoms with Crippen molar-refractivity contribution in [3.05, 3.63) is 42.5 Å². The third kappa shape index (κ3) is 3.76. The van der Waals surface area contributed by atoms with E-state index >= 15 is 0 Å². The number of benzene rings is 2. The maximum absolute atomic E-state index is 13.3. The molecule has 7 nitrogen and oxygen atoms in total. The van der Waals surface area contributed by atoms with E-state index in [0.29, 0.717) is 13.2 Å². The molecular formula is C25H30N4O3. The lowest BCUT2D eigenvalue weighted by Gasteiger charge is -2.41. The predicted molar refractivity (Wildman–Crippen MR) is 126 cm³/mol. The van der Waals surface area contributed by atoms with Gasteiger partial charge in [-0.05, 0) is 61.6 Å². The molecule has 0 aromatic heterocycles. The Kier molecular flexibility index (Phi) is 5.61. The summed E-state index contributed by atoms with van der Waals surface area (Å²) in [6, 6.07) is 14.4. The zero-order chi connectivity index (χ0) is 22.2. The van der Waals surface area contributed by atoms with Crippen LogP contribution in [0.1, 0.15) is 33.1 Å². The van der Waals surface area contributed by atoms with Crippen molar-refractivity contribution in [1.29, 1.82) is 0 Å². The average molecular weight is 435 g/mol. The zero-order valence-corrected chi connectivity index (χ0v) is 18.7. The van der Waals surface area contributed by atoms with Crippen LogP contribution in [0.5, 0.6) is 0 Å². The van der Waals surface area contributed by atoms with Gasteiger partial charge in [-0.3, -0.25) is 9.59 Å². The van der Waals surface area contributed by atoms with Gasteiger partial charge in [-0.15, -0.1) is 0 Å². The van der Waals surface area contributed by atoms with Crippen molar-refractivity contribution < 1.29 is 14.3 Å². The van der Waals surface area contributed by atoms with Crippen molar-refractivity contribution in [1.82, 2.24) is 5.43 Å². The molecule has 0 bridgehead atoms. The molecule has 3 aliphatic heterocycles. The van der Waals surface area contributed by atoms with E-state index in [9.17, 15) is 9.59 Å². The van der Waals surface area contributed by atoms with Gasteiger partial charge in [0.05, 0.1) is 23.1 Å². The second-order valence-corrected chi connectivity index (χ2v) is 8.85. The summed E-state index contributed by atoms with van der Waals surface area (Å²) in [5, 5.41) is 2.17. The van der Waals surface area contributed by atoms with Crippen LogP contribution in [-0.2, 0) is 14.3 Å². The van der Waals surface area contributed by atoms with E-state index in [4.69, 9.17) is 4.74 Å². The number of carbonyl (C=O) groups is 2. The SMILES string of the molecule is CC(=O)N1c2ccc(-c3ccc(N4CCCN4)cc3)cc2N(C(=O)C2CCCO2)CC1C. The quantitative estimate of drug-likeness (QED) is 0.803. The summed E-state index contributed by atoms with van der Waals surface area (Å²) >= 11 is 0. The van der Waals surface area contributed by atoms with Crippen LogP contribution in [0.2, 0.25) is 0 Å². The number of fused-ring (bicyclic) bond motifs is 1. The van der Waals surface area contributed by atoms with E-state index in [0.717, 1.165) is 60.5 Å². The molecule has 0 spiro atoms. The van der Waals surface area contributed by atoms with Gasteiger partial charge in [0.25, 0.3) is 5.91 Å². The average Bonchev–Trinajstić information content (AvgIpc) is 3.52. The molecule has 2 aromatic rings. The van der Waals surface area contributed by atoms with E-state index in [2.05, 4.69) is 34.7 Å². The third-order valence-electron chi connectivity index (χ3n) is 6.60. The lowest BCUT2D eigenvalue weighted by Crippen LogP contribution is -2.53. The lowest BCUT2D eigenvalue weighted by molar-refractivity contribution is -0.127. The molecule has 32 heavy (non-hydrogen) atoms. The van der Waals surface area contributed by atoms with E-state index in [-0.39, 0.29) is 17.9 Å². The van der Waals surface area contributed by atoms with E-state index in [1.54, 1.807) is 11.8 Å². The Hall–Kier alpha value is -2.90. The van der Waals surface area contributed by atoms with Crippen molar-refractivity contribution in [2.45, 2.75) is 45.3 Å². The highest BCUT2D eigenvalue weighted by Crippen LogP contribution is 2.40. The minimum atomic E-state index is -0.394. The number of anilines is 3. The van der Waals surface area contributed by atoms with E-state index in [1.165, 1.54) is 0 Å². The molecule has 2 saturated heterocycles. The molecule has 0 saturated carbocycles. The molecule has 3 heterocycles. The molecule has 2 amide bonds. The normalized spacial score (nSPS) is 22.9. The number of hydrogen-bond donors (Lipinski definition) is 1. The van der Waals surface area contributed by atoms with E-state index < -0.39 is 6.10 Å². The van der Waals surface area contributed by atoms with Crippen molar-refractivity contribution in [3.8, 4) is 11.1 Å². The largest absolute Gasteiger partial charge is 0.368 e. The highest BCUT2D eigenvalue weighted by molar-refractivity contribution is 6.06. The van der Waals surface area contributed by atoms with Crippen LogP contribution in [-0.4, -0.2) is 50.2 Å². The number of hydrogen-bond acceptors (Lipinski definition) is 5. The molecular weight excluding hydrogens is 404 g/mol. The molecule has 2 aromatic carbocycles. The van der Waals surface area contributed by atoms with E-state index in [1.807, 2.05) is 30.0 Å². The number of rotatable bonds is 3. The van der Waals surface area contributed by atoms with Crippen LogP contribution in [0.4, 0.5) is 17.1 Å². The van der Waals surface area contributed by atoms with Gasteiger partial charge in [0.15, 0.2) is 0 Å². The molecule has 168 valence electrons. The van der Waals surface area contributed by atoms with Crippen LogP contribution in [0.3, 0.4) is 0 Å². The fraction of sp³-hybridized carbons (Fsp3) is 0.440. The number of nitrogens with one attached hydrogen (secondary N) is 1. The Bertz CT molecular complexity index is 1010. The van der Waals surface area contributed by atoms with Gasteiger partial charge in [0.2, 0.25) is 5.91 Å². The minimum absolute atomic E-state index is 0.00796. The van der Waals surface area contributed by atoms with Crippen molar-refractivity contribution in [3.63, 3.8) is 0 Å². The second-order valence-electron chi connectivity index (χ2n) is 8.85. The molecule has 1 N–H and O–H groups in total.